The Morgan fingerprint density at radius 2 is 2.21 bits per heavy atom. The Bertz CT molecular complexity index is 698. The van der Waals surface area contributed by atoms with E-state index in [4.69, 9.17) is 17.3 Å². The molecule has 1 aromatic carbocycles. The molecule has 19 heavy (non-hydrogen) atoms. The van der Waals surface area contributed by atoms with Gasteiger partial charge in [-0.3, -0.25) is 0 Å². The monoisotopic (exact) mass is 317 g/mol. The van der Waals surface area contributed by atoms with E-state index in [1.807, 2.05) is 6.92 Å². The van der Waals surface area contributed by atoms with Crippen molar-refractivity contribution in [3.05, 3.63) is 39.3 Å². The van der Waals surface area contributed by atoms with Crippen LogP contribution in [0.5, 0.6) is 0 Å². The van der Waals surface area contributed by atoms with Gasteiger partial charge < -0.3 is 5.73 Å². The third-order valence-corrected chi connectivity index (χ3v) is 5.03. The number of halogens is 1. The fourth-order valence-corrected chi connectivity index (χ4v) is 3.52. The van der Waals surface area contributed by atoms with Crippen molar-refractivity contribution >= 4 is 38.6 Å². The molecule has 0 spiro atoms. The zero-order valence-electron chi connectivity index (χ0n) is 10.1. The maximum absolute atomic E-state index is 12.0. The number of hydrogen-bond donors (Lipinski definition) is 2. The summed E-state index contributed by atoms with van der Waals surface area (Å²) >= 11 is 7.26. The Morgan fingerprint density at radius 1 is 1.47 bits per heavy atom. The van der Waals surface area contributed by atoms with Gasteiger partial charge in [-0.1, -0.05) is 11.6 Å². The number of nitrogens with one attached hydrogen (secondary N) is 1. The molecule has 2 aromatic rings. The van der Waals surface area contributed by atoms with Crippen LogP contribution in [0.1, 0.15) is 9.88 Å². The number of aromatic nitrogens is 1. The van der Waals surface area contributed by atoms with Crippen molar-refractivity contribution in [3.8, 4) is 0 Å². The van der Waals surface area contributed by atoms with Gasteiger partial charge in [0.15, 0.2) is 0 Å². The molecule has 3 N–H and O–H groups in total. The predicted molar refractivity (Wildman–Crippen MR) is 76.7 cm³/mol. The minimum absolute atomic E-state index is 0.0907. The summed E-state index contributed by atoms with van der Waals surface area (Å²) in [5.41, 5.74) is 5.89. The first-order chi connectivity index (χ1) is 8.88. The van der Waals surface area contributed by atoms with Crippen molar-refractivity contribution in [2.75, 3.05) is 5.73 Å². The topological polar surface area (TPSA) is 85.1 Å². The van der Waals surface area contributed by atoms with E-state index in [0.717, 1.165) is 9.88 Å². The van der Waals surface area contributed by atoms with Gasteiger partial charge in [-0.15, -0.1) is 11.3 Å². The number of rotatable bonds is 4. The highest BCUT2D eigenvalue weighted by Gasteiger charge is 2.15. The SMILES string of the molecule is Cc1ncc(CNS(=O)(=O)c2ccc(N)c(Cl)c2)s1. The average molecular weight is 318 g/mol. The van der Waals surface area contributed by atoms with Crippen LogP contribution >= 0.6 is 22.9 Å². The molecule has 0 aliphatic carbocycles. The lowest BCUT2D eigenvalue weighted by molar-refractivity contribution is 0.582. The Morgan fingerprint density at radius 3 is 2.79 bits per heavy atom. The predicted octanol–water partition coefficient (Wildman–Crippen LogP) is 2.17. The van der Waals surface area contributed by atoms with Crippen molar-refractivity contribution in [2.24, 2.45) is 0 Å². The van der Waals surface area contributed by atoms with Crippen LogP contribution < -0.4 is 10.5 Å². The van der Waals surface area contributed by atoms with Crippen molar-refractivity contribution in [3.63, 3.8) is 0 Å². The van der Waals surface area contributed by atoms with E-state index in [1.165, 1.54) is 29.5 Å². The number of benzene rings is 1. The van der Waals surface area contributed by atoms with Crippen molar-refractivity contribution in [2.45, 2.75) is 18.4 Å². The van der Waals surface area contributed by atoms with Crippen LogP contribution in [-0.2, 0) is 16.6 Å². The standard InChI is InChI=1S/C11H12ClN3O2S2/c1-7-14-5-8(18-7)6-15-19(16,17)9-2-3-11(13)10(12)4-9/h2-5,15H,6,13H2,1H3. The van der Waals surface area contributed by atoms with Gasteiger partial charge >= 0.3 is 0 Å². The highest BCUT2D eigenvalue weighted by molar-refractivity contribution is 7.89. The summed E-state index contributed by atoms with van der Waals surface area (Å²) in [6.07, 6.45) is 1.65. The number of sulfonamides is 1. The molecular formula is C11H12ClN3O2S2. The lowest BCUT2D eigenvalue weighted by atomic mass is 10.3. The fraction of sp³-hybridized carbons (Fsp3) is 0.182. The van der Waals surface area contributed by atoms with Crippen molar-refractivity contribution < 1.29 is 8.42 Å². The van der Waals surface area contributed by atoms with Crippen molar-refractivity contribution in [1.29, 1.82) is 0 Å². The van der Waals surface area contributed by atoms with Gasteiger partial charge in [-0.05, 0) is 25.1 Å². The second-order valence-electron chi connectivity index (χ2n) is 3.85. The van der Waals surface area contributed by atoms with E-state index in [1.54, 1.807) is 6.20 Å². The zero-order chi connectivity index (χ0) is 14.0. The Kier molecular flexibility index (Phi) is 4.10. The van der Waals surface area contributed by atoms with Crippen LogP contribution in [0.25, 0.3) is 0 Å². The number of nitrogens with two attached hydrogens (primary N) is 1. The Balaban J connectivity index is 2.16. The fourth-order valence-electron chi connectivity index (χ4n) is 1.41. The van der Waals surface area contributed by atoms with Crippen molar-refractivity contribution in [1.82, 2.24) is 9.71 Å². The van der Waals surface area contributed by atoms with Crippen LogP contribution in [0, 0.1) is 6.92 Å². The summed E-state index contributed by atoms with van der Waals surface area (Å²) in [4.78, 5) is 5.00. The van der Waals surface area contributed by atoms with Gasteiger partial charge in [0.2, 0.25) is 10.0 Å². The van der Waals surface area contributed by atoms with Gasteiger partial charge in [0.05, 0.1) is 20.6 Å². The maximum atomic E-state index is 12.0. The summed E-state index contributed by atoms with van der Waals surface area (Å²) in [7, 11) is -3.60. The van der Waals surface area contributed by atoms with E-state index in [-0.39, 0.29) is 16.5 Å². The van der Waals surface area contributed by atoms with Crippen LogP contribution in [0.3, 0.4) is 0 Å². The normalized spacial score (nSPS) is 11.7. The molecule has 0 radical (unpaired) electrons. The molecule has 0 unspecified atom stereocenters. The molecule has 0 saturated carbocycles. The summed E-state index contributed by atoms with van der Waals surface area (Å²) in [5.74, 6) is 0. The van der Waals surface area contributed by atoms with Gasteiger partial charge in [0.25, 0.3) is 0 Å². The number of anilines is 1. The molecular weight excluding hydrogens is 306 g/mol. The molecule has 0 saturated heterocycles. The second kappa shape index (κ2) is 5.46. The molecule has 1 heterocycles. The summed E-state index contributed by atoms with van der Waals surface area (Å²) < 4.78 is 26.6. The third kappa shape index (κ3) is 3.44. The van der Waals surface area contributed by atoms with Gasteiger partial charge in [-0.25, -0.2) is 18.1 Å². The smallest absolute Gasteiger partial charge is 0.240 e. The van der Waals surface area contributed by atoms with Crippen LogP contribution in [0.15, 0.2) is 29.3 Å². The van der Waals surface area contributed by atoms with Gasteiger partial charge in [0, 0.05) is 17.6 Å². The minimum Gasteiger partial charge on any atom is -0.398 e. The first kappa shape index (κ1) is 14.3. The third-order valence-electron chi connectivity index (χ3n) is 2.39. The van der Waals surface area contributed by atoms with Crippen LogP contribution in [0.4, 0.5) is 5.69 Å². The van der Waals surface area contributed by atoms with E-state index in [0.29, 0.717) is 5.69 Å². The highest BCUT2D eigenvalue weighted by Crippen LogP contribution is 2.22. The Labute approximate surface area is 120 Å². The number of nitrogens with zero attached hydrogens (tertiary/aromatic N) is 1. The molecule has 0 fully saturated rings. The lowest BCUT2D eigenvalue weighted by Gasteiger charge is -2.06. The van der Waals surface area contributed by atoms with Gasteiger partial charge in [-0.2, -0.15) is 0 Å². The number of aryl methyl sites for hydroxylation is 1. The Hall–Kier alpha value is -1.15. The molecule has 0 bridgehead atoms. The molecule has 0 aliphatic heterocycles. The summed E-state index contributed by atoms with van der Waals surface area (Å²) in [5, 5.41) is 1.11. The summed E-state index contributed by atoms with van der Waals surface area (Å²) in [6.45, 7) is 2.07. The highest BCUT2D eigenvalue weighted by atomic mass is 35.5. The van der Waals surface area contributed by atoms with E-state index in [2.05, 4.69) is 9.71 Å². The number of thiazole rings is 1. The van der Waals surface area contributed by atoms with E-state index >= 15 is 0 Å². The molecule has 0 aliphatic rings. The maximum Gasteiger partial charge on any atom is 0.240 e. The second-order valence-corrected chi connectivity index (χ2v) is 7.35. The molecule has 8 heteroatoms. The van der Waals surface area contributed by atoms with Crippen LogP contribution in [0.2, 0.25) is 5.02 Å². The first-order valence-electron chi connectivity index (χ1n) is 5.34. The molecule has 0 atom stereocenters. The van der Waals surface area contributed by atoms with Crippen LogP contribution in [-0.4, -0.2) is 13.4 Å². The number of hydrogen-bond acceptors (Lipinski definition) is 5. The average Bonchev–Trinajstić information content (AvgIpc) is 2.76. The zero-order valence-corrected chi connectivity index (χ0v) is 12.4. The quantitative estimate of drug-likeness (QED) is 0.846. The molecule has 1 aromatic heterocycles. The largest absolute Gasteiger partial charge is 0.398 e. The minimum atomic E-state index is -3.60. The van der Waals surface area contributed by atoms with E-state index < -0.39 is 10.0 Å². The molecule has 5 nitrogen and oxygen atoms in total. The van der Waals surface area contributed by atoms with E-state index in [9.17, 15) is 8.42 Å². The summed E-state index contributed by atoms with van der Waals surface area (Å²) in [6, 6.07) is 4.21. The molecule has 0 amide bonds. The molecule has 102 valence electrons. The molecule has 2 rings (SSSR count). The first-order valence-corrected chi connectivity index (χ1v) is 8.02. The number of nitrogen functional groups attached to an aromatic ring is 1. The van der Waals surface area contributed by atoms with Gasteiger partial charge in [0.1, 0.15) is 0 Å². The lowest BCUT2D eigenvalue weighted by Crippen LogP contribution is -2.22.